The summed E-state index contributed by atoms with van der Waals surface area (Å²) < 4.78 is 25.2. The second-order valence-electron chi connectivity index (χ2n) is 5.05. The molecule has 98 valence electrons. The van der Waals surface area contributed by atoms with Gasteiger partial charge in [-0.3, -0.25) is 0 Å². The van der Waals surface area contributed by atoms with Crippen molar-refractivity contribution in [1.29, 1.82) is 0 Å². The maximum absolute atomic E-state index is 13.9. The molecule has 1 aliphatic carbocycles. The van der Waals surface area contributed by atoms with Crippen LogP contribution in [0.25, 0.3) is 0 Å². The highest BCUT2D eigenvalue weighted by Crippen LogP contribution is 2.42. The molecule has 1 aliphatic heterocycles. The summed E-state index contributed by atoms with van der Waals surface area (Å²) in [4.78, 5) is 0. The monoisotopic (exact) mass is 270 g/mol. The molecule has 1 aromatic carbocycles. The average molecular weight is 271 g/mol. The fourth-order valence-corrected chi connectivity index (χ4v) is 3.15. The molecule has 2 nitrogen and oxygen atoms in total. The van der Waals surface area contributed by atoms with Crippen LogP contribution in [0.5, 0.6) is 0 Å². The molecule has 2 fully saturated rings. The summed E-state index contributed by atoms with van der Waals surface area (Å²) in [5, 5.41) is 0.450. The van der Waals surface area contributed by atoms with Crippen molar-refractivity contribution < 1.29 is 13.9 Å². The highest BCUT2D eigenvalue weighted by Gasteiger charge is 2.40. The normalized spacial score (nSPS) is 23.7. The van der Waals surface area contributed by atoms with Gasteiger partial charge in [0.15, 0.2) is 5.79 Å². The summed E-state index contributed by atoms with van der Waals surface area (Å²) in [6.45, 7) is 1.36. The van der Waals surface area contributed by atoms with Gasteiger partial charge < -0.3 is 9.47 Å². The first-order valence-electron chi connectivity index (χ1n) is 6.41. The van der Waals surface area contributed by atoms with Crippen LogP contribution in [0, 0.1) is 5.82 Å². The third-order valence-corrected chi connectivity index (χ3v) is 4.20. The minimum absolute atomic E-state index is 0.197. The van der Waals surface area contributed by atoms with Crippen molar-refractivity contribution in [2.24, 2.45) is 0 Å². The van der Waals surface area contributed by atoms with E-state index in [1.807, 2.05) is 0 Å². The molecule has 0 aromatic heterocycles. The zero-order chi connectivity index (χ0) is 12.6. The molecule has 3 rings (SSSR count). The van der Waals surface area contributed by atoms with Crippen molar-refractivity contribution in [3.8, 4) is 0 Å². The third kappa shape index (κ3) is 2.27. The van der Waals surface area contributed by atoms with Crippen LogP contribution in [0.15, 0.2) is 18.2 Å². The summed E-state index contributed by atoms with van der Waals surface area (Å²) in [6.07, 6.45) is 3.50. The van der Waals surface area contributed by atoms with Gasteiger partial charge in [0, 0.05) is 17.9 Å². The first-order valence-corrected chi connectivity index (χ1v) is 6.79. The van der Waals surface area contributed by atoms with Crippen LogP contribution in [0.2, 0.25) is 5.02 Å². The van der Waals surface area contributed by atoms with Crippen LogP contribution in [-0.4, -0.2) is 19.0 Å². The molecule has 1 spiro atoms. The summed E-state index contributed by atoms with van der Waals surface area (Å²) in [5.41, 5.74) is 0.771. The van der Waals surface area contributed by atoms with Gasteiger partial charge in [0.2, 0.25) is 0 Å². The summed E-state index contributed by atoms with van der Waals surface area (Å²) in [6, 6.07) is 4.95. The lowest BCUT2D eigenvalue weighted by molar-refractivity contribution is -0.178. The molecular formula is C14H16ClFO2. The molecule has 1 aromatic rings. The number of hydrogen-bond donors (Lipinski definition) is 0. The Kier molecular flexibility index (Phi) is 3.31. The van der Waals surface area contributed by atoms with Gasteiger partial charge in [-0.25, -0.2) is 4.39 Å². The van der Waals surface area contributed by atoms with E-state index in [0.717, 1.165) is 31.2 Å². The van der Waals surface area contributed by atoms with E-state index >= 15 is 0 Å². The largest absolute Gasteiger partial charge is 0.348 e. The lowest BCUT2D eigenvalue weighted by atomic mass is 9.81. The lowest BCUT2D eigenvalue weighted by Crippen LogP contribution is -2.34. The molecule has 0 bridgehead atoms. The van der Waals surface area contributed by atoms with Gasteiger partial charge in [-0.2, -0.15) is 0 Å². The maximum Gasteiger partial charge on any atom is 0.168 e. The van der Waals surface area contributed by atoms with E-state index < -0.39 is 0 Å². The Morgan fingerprint density at radius 3 is 2.44 bits per heavy atom. The lowest BCUT2D eigenvalue weighted by Gasteiger charge is -2.35. The van der Waals surface area contributed by atoms with Crippen molar-refractivity contribution in [1.82, 2.24) is 0 Å². The van der Waals surface area contributed by atoms with Crippen LogP contribution in [0.4, 0.5) is 4.39 Å². The predicted octanol–water partition coefficient (Wildman–Crippen LogP) is 3.88. The van der Waals surface area contributed by atoms with E-state index in [0.29, 0.717) is 18.2 Å². The zero-order valence-corrected chi connectivity index (χ0v) is 10.9. The molecular weight excluding hydrogens is 255 g/mol. The highest BCUT2D eigenvalue weighted by atomic mass is 35.5. The molecule has 0 amide bonds. The van der Waals surface area contributed by atoms with Crippen LogP contribution in [0.1, 0.15) is 37.2 Å². The fourth-order valence-electron chi connectivity index (χ4n) is 2.99. The molecule has 1 saturated heterocycles. The predicted molar refractivity (Wildman–Crippen MR) is 67.3 cm³/mol. The number of benzene rings is 1. The van der Waals surface area contributed by atoms with Crippen molar-refractivity contribution >= 4 is 11.6 Å². The van der Waals surface area contributed by atoms with Gasteiger partial charge in [-0.1, -0.05) is 17.7 Å². The van der Waals surface area contributed by atoms with Gasteiger partial charge in [0.1, 0.15) is 5.82 Å². The van der Waals surface area contributed by atoms with Crippen LogP contribution >= 0.6 is 11.6 Å². The quantitative estimate of drug-likeness (QED) is 0.771. The summed E-state index contributed by atoms with van der Waals surface area (Å²) in [5.74, 6) is -0.322. The average Bonchev–Trinajstić information content (AvgIpc) is 2.80. The van der Waals surface area contributed by atoms with Crippen LogP contribution < -0.4 is 0 Å². The van der Waals surface area contributed by atoms with E-state index in [1.165, 1.54) is 6.07 Å². The van der Waals surface area contributed by atoms with Gasteiger partial charge in [0.25, 0.3) is 0 Å². The number of rotatable bonds is 1. The maximum atomic E-state index is 13.9. The topological polar surface area (TPSA) is 18.5 Å². The van der Waals surface area contributed by atoms with Crippen molar-refractivity contribution in [3.05, 3.63) is 34.6 Å². The van der Waals surface area contributed by atoms with Gasteiger partial charge in [0.05, 0.1) is 13.2 Å². The smallest absolute Gasteiger partial charge is 0.168 e. The molecule has 0 radical (unpaired) electrons. The Hall–Kier alpha value is -0.640. The molecule has 0 N–H and O–H groups in total. The van der Waals surface area contributed by atoms with Gasteiger partial charge in [-0.05, 0) is 36.5 Å². The minimum Gasteiger partial charge on any atom is -0.348 e. The van der Waals surface area contributed by atoms with E-state index in [2.05, 4.69) is 0 Å². The zero-order valence-electron chi connectivity index (χ0n) is 10.1. The third-order valence-electron chi connectivity index (χ3n) is 3.96. The fraction of sp³-hybridized carbons (Fsp3) is 0.571. The molecule has 4 heteroatoms. The Labute approximate surface area is 111 Å². The minimum atomic E-state index is -0.376. The molecule has 0 unspecified atom stereocenters. The van der Waals surface area contributed by atoms with Crippen LogP contribution in [-0.2, 0) is 9.47 Å². The van der Waals surface area contributed by atoms with E-state index in [-0.39, 0.29) is 17.5 Å². The Balaban J connectivity index is 1.72. The number of halogens is 2. The van der Waals surface area contributed by atoms with Crippen LogP contribution in [0.3, 0.4) is 0 Å². The summed E-state index contributed by atoms with van der Waals surface area (Å²) >= 11 is 5.77. The highest BCUT2D eigenvalue weighted by molar-refractivity contribution is 6.30. The molecule has 0 atom stereocenters. The number of hydrogen-bond acceptors (Lipinski definition) is 2. The van der Waals surface area contributed by atoms with Crippen molar-refractivity contribution in [2.45, 2.75) is 37.4 Å². The molecule has 1 heterocycles. The second kappa shape index (κ2) is 4.80. The first kappa shape index (κ1) is 12.4. The van der Waals surface area contributed by atoms with E-state index in [9.17, 15) is 4.39 Å². The van der Waals surface area contributed by atoms with Crippen molar-refractivity contribution in [2.75, 3.05) is 13.2 Å². The standard InChI is InChI=1S/C14H16ClFO2/c15-11-1-2-12(13(16)9-11)10-3-5-14(6-4-10)17-7-8-18-14/h1-2,9-10H,3-8H2. The van der Waals surface area contributed by atoms with E-state index in [4.69, 9.17) is 21.1 Å². The summed E-state index contributed by atoms with van der Waals surface area (Å²) in [7, 11) is 0. The Morgan fingerprint density at radius 1 is 1.17 bits per heavy atom. The van der Waals surface area contributed by atoms with E-state index in [1.54, 1.807) is 12.1 Å². The molecule has 18 heavy (non-hydrogen) atoms. The van der Waals surface area contributed by atoms with Gasteiger partial charge in [-0.15, -0.1) is 0 Å². The Morgan fingerprint density at radius 2 is 1.83 bits per heavy atom. The SMILES string of the molecule is Fc1cc(Cl)ccc1C1CCC2(CC1)OCCO2. The first-order chi connectivity index (χ1) is 8.69. The molecule has 2 aliphatic rings. The molecule has 1 saturated carbocycles. The Bertz CT molecular complexity index is 433. The number of ether oxygens (including phenoxy) is 2. The van der Waals surface area contributed by atoms with Gasteiger partial charge >= 0.3 is 0 Å². The van der Waals surface area contributed by atoms with Crippen molar-refractivity contribution in [3.63, 3.8) is 0 Å². The second-order valence-corrected chi connectivity index (χ2v) is 5.48.